The summed E-state index contributed by atoms with van der Waals surface area (Å²) in [7, 11) is 1.55. The van der Waals surface area contributed by atoms with E-state index in [0.717, 1.165) is 0 Å². The van der Waals surface area contributed by atoms with Crippen LogP contribution >= 0.6 is 0 Å². The maximum atomic E-state index is 13.2. The smallest absolute Gasteiger partial charge is 0.419 e. The lowest BCUT2D eigenvalue weighted by Gasteiger charge is -2.21. The van der Waals surface area contributed by atoms with Crippen molar-refractivity contribution in [3.8, 4) is 23.3 Å². The number of hydrogen-bond acceptors (Lipinski definition) is 5. The Kier molecular flexibility index (Phi) is 6.49. The van der Waals surface area contributed by atoms with Crippen molar-refractivity contribution in [1.29, 1.82) is 5.26 Å². The molecule has 0 aliphatic rings. The van der Waals surface area contributed by atoms with Crippen LogP contribution in [-0.2, 0) is 0 Å². The van der Waals surface area contributed by atoms with E-state index < -0.39 is 6.09 Å². The standard InChI is InChI=1S/C24H25FN4O3/c1-16-22(14-29(27-16)19-8-6-18(25)7-9-19)32-23(30)28(5)20-10-11-21(17(12-20)13-26)31-15-24(2,3)4/h6-12,14H,15H2,1-5H3. The van der Waals surface area contributed by atoms with E-state index in [1.54, 1.807) is 50.5 Å². The number of aryl methyl sites for hydroxylation is 1. The first kappa shape index (κ1) is 22.8. The predicted molar refractivity (Wildman–Crippen MR) is 119 cm³/mol. The van der Waals surface area contributed by atoms with E-state index in [0.29, 0.717) is 35.0 Å². The molecule has 3 rings (SSSR count). The summed E-state index contributed by atoms with van der Waals surface area (Å²) in [4.78, 5) is 14.0. The number of nitrogens with zero attached hydrogens (tertiary/aromatic N) is 4. The molecule has 1 heterocycles. The van der Waals surface area contributed by atoms with Crippen molar-refractivity contribution < 1.29 is 18.7 Å². The first-order chi connectivity index (χ1) is 15.1. The van der Waals surface area contributed by atoms with Crippen molar-refractivity contribution in [3.63, 3.8) is 0 Å². The van der Waals surface area contributed by atoms with Crippen molar-refractivity contribution in [2.75, 3.05) is 18.6 Å². The summed E-state index contributed by atoms with van der Waals surface area (Å²) in [6.07, 6.45) is 0.914. The molecule has 1 aromatic heterocycles. The van der Waals surface area contributed by atoms with Gasteiger partial charge in [0.25, 0.3) is 0 Å². The van der Waals surface area contributed by atoms with E-state index in [1.165, 1.54) is 21.7 Å². The normalized spacial score (nSPS) is 11.0. The quantitative estimate of drug-likeness (QED) is 0.546. The number of benzene rings is 2. The minimum atomic E-state index is -0.640. The van der Waals surface area contributed by atoms with Crippen LogP contribution in [0.1, 0.15) is 32.0 Å². The Labute approximate surface area is 186 Å². The predicted octanol–water partition coefficient (Wildman–Crippen LogP) is 5.25. The van der Waals surface area contributed by atoms with Crippen LogP contribution in [0.3, 0.4) is 0 Å². The Hall–Kier alpha value is -3.86. The average molecular weight is 436 g/mol. The molecule has 0 atom stereocenters. The molecule has 0 unspecified atom stereocenters. The largest absolute Gasteiger partial charge is 0.492 e. The fourth-order valence-electron chi connectivity index (χ4n) is 2.77. The molecule has 2 aromatic carbocycles. The van der Waals surface area contributed by atoms with Crippen LogP contribution < -0.4 is 14.4 Å². The van der Waals surface area contributed by atoms with Gasteiger partial charge in [0, 0.05) is 12.7 Å². The second kappa shape index (κ2) is 9.10. The SMILES string of the molecule is Cc1nn(-c2ccc(F)cc2)cc1OC(=O)N(C)c1ccc(OCC(C)(C)C)c(C#N)c1. The van der Waals surface area contributed by atoms with E-state index in [1.807, 2.05) is 20.8 Å². The monoisotopic (exact) mass is 436 g/mol. The molecule has 7 nitrogen and oxygen atoms in total. The van der Waals surface area contributed by atoms with Crippen molar-refractivity contribution in [2.45, 2.75) is 27.7 Å². The van der Waals surface area contributed by atoms with Crippen LogP contribution in [0.4, 0.5) is 14.9 Å². The number of halogens is 1. The van der Waals surface area contributed by atoms with E-state index in [4.69, 9.17) is 9.47 Å². The average Bonchev–Trinajstić information content (AvgIpc) is 3.11. The van der Waals surface area contributed by atoms with Crippen LogP contribution in [0.25, 0.3) is 5.69 Å². The van der Waals surface area contributed by atoms with Crippen molar-refractivity contribution in [2.24, 2.45) is 5.41 Å². The third-order valence-electron chi connectivity index (χ3n) is 4.55. The molecule has 0 saturated heterocycles. The third kappa shape index (κ3) is 5.43. The lowest BCUT2D eigenvalue weighted by molar-refractivity contribution is 0.197. The maximum Gasteiger partial charge on any atom is 0.419 e. The summed E-state index contributed by atoms with van der Waals surface area (Å²) in [6.45, 7) is 8.28. The second-order valence-electron chi connectivity index (χ2n) is 8.57. The second-order valence-corrected chi connectivity index (χ2v) is 8.57. The topological polar surface area (TPSA) is 80.4 Å². The number of hydrogen-bond donors (Lipinski definition) is 0. The van der Waals surface area contributed by atoms with Gasteiger partial charge < -0.3 is 9.47 Å². The lowest BCUT2D eigenvalue weighted by Crippen LogP contribution is -2.29. The van der Waals surface area contributed by atoms with Crippen LogP contribution in [0, 0.1) is 29.5 Å². The number of anilines is 1. The molecule has 0 fully saturated rings. The summed E-state index contributed by atoms with van der Waals surface area (Å²) in [5.41, 5.74) is 1.89. The molecule has 0 saturated carbocycles. The number of carbonyl (C=O) groups excluding carboxylic acids is 1. The highest BCUT2D eigenvalue weighted by Crippen LogP contribution is 2.27. The first-order valence-electron chi connectivity index (χ1n) is 10.0. The van der Waals surface area contributed by atoms with Crippen LogP contribution in [0.5, 0.6) is 11.5 Å². The van der Waals surface area contributed by atoms with Gasteiger partial charge >= 0.3 is 6.09 Å². The molecule has 0 aliphatic heterocycles. The lowest BCUT2D eigenvalue weighted by atomic mass is 9.98. The summed E-state index contributed by atoms with van der Waals surface area (Å²) >= 11 is 0. The number of rotatable bonds is 5. The molecular formula is C24H25FN4O3. The molecular weight excluding hydrogens is 411 g/mol. The molecule has 0 aliphatic carbocycles. The zero-order valence-corrected chi connectivity index (χ0v) is 18.7. The van der Waals surface area contributed by atoms with Crippen molar-refractivity contribution in [3.05, 3.63) is 65.7 Å². The Morgan fingerprint density at radius 3 is 2.50 bits per heavy atom. The van der Waals surface area contributed by atoms with Gasteiger partial charge in [-0.3, -0.25) is 4.90 Å². The van der Waals surface area contributed by atoms with Crippen molar-refractivity contribution >= 4 is 11.8 Å². The third-order valence-corrected chi connectivity index (χ3v) is 4.55. The van der Waals surface area contributed by atoms with E-state index >= 15 is 0 Å². The molecule has 166 valence electrons. The van der Waals surface area contributed by atoms with Gasteiger partial charge in [-0.1, -0.05) is 20.8 Å². The van der Waals surface area contributed by atoms with E-state index in [9.17, 15) is 14.4 Å². The highest BCUT2D eigenvalue weighted by Gasteiger charge is 2.19. The highest BCUT2D eigenvalue weighted by molar-refractivity contribution is 5.89. The molecule has 0 N–H and O–H groups in total. The van der Waals surface area contributed by atoms with Crippen LogP contribution in [0.15, 0.2) is 48.7 Å². The molecule has 0 spiro atoms. The van der Waals surface area contributed by atoms with Gasteiger partial charge in [-0.25, -0.2) is 13.9 Å². The molecule has 3 aromatic rings. The van der Waals surface area contributed by atoms with Gasteiger partial charge in [0.2, 0.25) is 0 Å². The zero-order valence-electron chi connectivity index (χ0n) is 18.7. The Balaban J connectivity index is 1.74. The maximum absolute atomic E-state index is 13.2. The van der Waals surface area contributed by atoms with Gasteiger partial charge in [-0.2, -0.15) is 10.4 Å². The minimum Gasteiger partial charge on any atom is -0.492 e. The zero-order chi connectivity index (χ0) is 23.5. The van der Waals surface area contributed by atoms with E-state index in [-0.39, 0.29) is 17.0 Å². The first-order valence-corrected chi connectivity index (χ1v) is 10.0. The van der Waals surface area contributed by atoms with Crippen LogP contribution in [-0.4, -0.2) is 29.5 Å². The summed E-state index contributed by atoms with van der Waals surface area (Å²) < 4.78 is 25.9. The van der Waals surface area contributed by atoms with Gasteiger partial charge in [0.1, 0.15) is 23.3 Å². The Morgan fingerprint density at radius 1 is 1.19 bits per heavy atom. The molecule has 0 radical (unpaired) electrons. The summed E-state index contributed by atoms with van der Waals surface area (Å²) in [5.74, 6) is 0.388. The minimum absolute atomic E-state index is 0.0534. The highest BCUT2D eigenvalue weighted by atomic mass is 19.1. The molecule has 1 amide bonds. The number of carbonyl (C=O) groups is 1. The molecule has 8 heteroatoms. The summed E-state index contributed by atoms with van der Waals surface area (Å²) in [6, 6.07) is 12.8. The number of aromatic nitrogens is 2. The summed E-state index contributed by atoms with van der Waals surface area (Å²) in [5, 5.41) is 13.8. The van der Waals surface area contributed by atoms with Crippen molar-refractivity contribution in [1.82, 2.24) is 9.78 Å². The number of ether oxygens (including phenoxy) is 2. The number of amides is 1. The number of nitriles is 1. The van der Waals surface area contributed by atoms with Crippen LogP contribution in [0.2, 0.25) is 0 Å². The fourth-order valence-corrected chi connectivity index (χ4v) is 2.77. The molecule has 32 heavy (non-hydrogen) atoms. The Morgan fingerprint density at radius 2 is 1.88 bits per heavy atom. The van der Waals surface area contributed by atoms with Gasteiger partial charge in [-0.05, 0) is 54.8 Å². The van der Waals surface area contributed by atoms with E-state index in [2.05, 4.69) is 11.2 Å². The fraction of sp³-hybridized carbons (Fsp3) is 0.292. The van der Waals surface area contributed by atoms with Gasteiger partial charge in [0.15, 0.2) is 5.75 Å². The van der Waals surface area contributed by atoms with Gasteiger partial charge in [0.05, 0.1) is 24.1 Å². The Bertz CT molecular complexity index is 1160. The van der Waals surface area contributed by atoms with Gasteiger partial charge in [-0.15, -0.1) is 0 Å². The molecule has 0 bridgehead atoms.